The van der Waals surface area contributed by atoms with Gasteiger partial charge in [0.1, 0.15) is 4.32 Å². The molecular formula is C12H21F2NS2. The lowest BCUT2D eigenvalue weighted by atomic mass is 10.1. The van der Waals surface area contributed by atoms with Crippen LogP contribution in [0, 0.1) is 0 Å². The van der Waals surface area contributed by atoms with Crippen molar-refractivity contribution in [1.82, 2.24) is 4.90 Å². The Morgan fingerprint density at radius 1 is 1.18 bits per heavy atom. The summed E-state index contributed by atoms with van der Waals surface area (Å²) in [6.07, 6.45) is 0.686. The Kier molecular flexibility index (Phi) is 9.74. The first-order valence-electron chi connectivity index (χ1n) is 5.95. The van der Waals surface area contributed by atoms with E-state index in [1.165, 1.54) is 6.92 Å². The summed E-state index contributed by atoms with van der Waals surface area (Å²) < 4.78 is 25.1. The lowest BCUT2D eigenvalue weighted by molar-refractivity contribution is 0.407. The Morgan fingerprint density at radius 3 is 2.24 bits per heavy atom. The van der Waals surface area contributed by atoms with E-state index in [1.807, 2.05) is 0 Å². The maximum Gasteiger partial charge on any atom is 0.269 e. The summed E-state index contributed by atoms with van der Waals surface area (Å²) in [7, 11) is 0. The molecule has 0 aliphatic carbocycles. The Hall–Kier alpha value is -0.160. The van der Waals surface area contributed by atoms with Crippen LogP contribution in [0.1, 0.15) is 40.0 Å². The highest BCUT2D eigenvalue weighted by molar-refractivity contribution is 8.22. The predicted molar refractivity (Wildman–Crippen MR) is 76.7 cm³/mol. The fourth-order valence-corrected chi connectivity index (χ4v) is 2.79. The van der Waals surface area contributed by atoms with Crippen molar-refractivity contribution in [3.8, 4) is 0 Å². The van der Waals surface area contributed by atoms with Gasteiger partial charge < -0.3 is 4.90 Å². The molecule has 0 fully saturated rings. The summed E-state index contributed by atoms with van der Waals surface area (Å²) in [6, 6.07) is 0. The molecule has 0 unspecified atom stereocenters. The van der Waals surface area contributed by atoms with E-state index in [9.17, 15) is 8.78 Å². The molecule has 100 valence electrons. The maximum absolute atomic E-state index is 12.1. The van der Waals surface area contributed by atoms with E-state index < -0.39 is 6.08 Å². The van der Waals surface area contributed by atoms with Crippen molar-refractivity contribution in [2.75, 3.05) is 18.8 Å². The third-order valence-corrected chi connectivity index (χ3v) is 4.13. The van der Waals surface area contributed by atoms with E-state index in [1.54, 1.807) is 11.8 Å². The highest BCUT2D eigenvalue weighted by atomic mass is 32.2. The molecule has 5 heteroatoms. The molecule has 0 saturated carbocycles. The molecule has 0 N–H and O–H groups in total. The highest BCUT2D eigenvalue weighted by Crippen LogP contribution is 2.17. The minimum absolute atomic E-state index is 0.210. The zero-order valence-corrected chi connectivity index (χ0v) is 12.4. The van der Waals surface area contributed by atoms with Crippen molar-refractivity contribution in [3.05, 3.63) is 11.7 Å². The van der Waals surface area contributed by atoms with Gasteiger partial charge in [-0.1, -0.05) is 24.0 Å². The lowest BCUT2D eigenvalue weighted by Crippen LogP contribution is -2.26. The van der Waals surface area contributed by atoms with E-state index in [0.29, 0.717) is 6.42 Å². The van der Waals surface area contributed by atoms with Gasteiger partial charge in [-0.2, -0.15) is 8.78 Å². The fourth-order valence-electron chi connectivity index (χ4n) is 1.32. The number of hydrogen-bond donors (Lipinski definition) is 0. The van der Waals surface area contributed by atoms with Gasteiger partial charge in [-0.15, -0.1) is 0 Å². The van der Waals surface area contributed by atoms with E-state index in [2.05, 4.69) is 18.7 Å². The molecule has 0 atom stereocenters. The van der Waals surface area contributed by atoms with E-state index >= 15 is 0 Å². The van der Waals surface area contributed by atoms with Gasteiger partial charge in [0.2, 0.25) is 0 Å². The zero-order chi connectivity index (χ0) is 13.3. The standard InChI is InChI=1S/C12H21F2NS2/c1-4-15(5-2)12(16)17-9-7-6-8-10(3)11(13)14/h4-9H2,1-3H3. The van der Waals surface area contributed by atoms with Crippen molar-refractivity contribution in [3.63, 3.8) is 0 Å². The van der Waals surface area contributed by atoms with Gasteiger partial charge in [0.15, 0.2) is 0 Å². The molecule has 0 rings (SSSR count). The largest absolute Gasteiger partial charge is 0.358 e. The lowest BCUT2D eigenvalue weighted by Gasteiger charge is -2.20. The number of allylic oxidation sites excluding steroid dienone is 1. The van der Waals surface area contributed by atoms with Crippen LogP contribution in [0.4, 0.5) is 8.78 Å². The number of nitrogens with zero attached hydrogens (tertiary/aromatic N) is 1. The summed E-state index contributed by atoms with van der Waals surface area (Å²) in [5.41, 5.74) is 0.210. The van der Waals surface area contributed by atoms with Crippen LogP contribution in [0.2, 0.25) is 0 Å². The monoisotopic (exact) mass is 281 g/mol. The molecule has 1 nitrogen and oxygen atoms in total. The van der Waals surface area contributed by atoms with Crippen LogP contribution in [0.15, 0.2) is 11.7 Å². The van der Waals surface area contributed by atoms with Gasteiger partial charge >= 0.3 is 0 Å². The number of thioether (sulfide) groups is 1. The van der Waals surface area contributed by atoms with Gasteiger partial charge in [-0.25, -0.2) is 0 Å². The highest BCUT2D eigenvalue weighted by Gasteiger charge is 2.05. The molecule has 0 saturated heterocycles. The van der Waals surface area contributed by atoms with E-state index in [4.69, 9.17) is 12.2 Å². The summed E-state index contributed by atoms with van der Waals surface area (Å²) in [6.45, 7) is 7.50. The average Bonchev–Trinajstić information content (AvgIpc) is 2.29. The van der Waals surface area contributed by atoms with Crippen molar-refractivity contribution >= 4 is 28.3 Å². The second-order valence-corrected chi connectivity index (χ2v) is 5.51. The van der Waals surface area contributed by atoms with Crippen LogP contribution in [0.3, 0.4) is 0 Å². The minimum atomic E-state index is -1.53. The predicted octanol–water partition coefficient (Wildman–Crippen LogP) is 4.69. The summed E-state index contributed by atoms with van der Waals surface area (Å²) in [5, 5.41) is 0. The first-order chi connectivity index (χ1) is 8.02. The van der Waals surface area contributed by atoms with E-state index in [-0.39, 0.29) is 5.57 Å². The molecule has 0 aliphatic heterocycles. The number of hydrogen-bond acceptors (Lipinski definition) is 2. The normalized spacial score (nSPS) is 10.2. The molecule has 0 spiro atoms. The third kappa shape index (κ3) is 7.71. The third-order valence-electron chi connectivity index (χ3n) is 2.52. The molecule has 0 aromatic heterocycles. The van der Waals surface area contributed by atoms with Crippen LogP contribution >= 0.6 is 24.0 Å². The Labute approximate surface area is 113 Å². The van der Waals surface area contributed by atoms with Gasteiger partial charge in [-0.05, 0) is 45.6 Å². The van der Waals surface area contributed by atoms with Crippen molar-refractivity contribution < 1.29 is 8.78 Å². The second-order valence-electron chi connectivity index (χ2n) is 3.78. The van der Waals surface area contributed by atoms with Crippen LogP contribution in [-0.4, -0.2) is 28.1 Å². The fraction of sp³-hybridized carbons (Fsp3) is 0.750. The van der Waals surface area contributed by atoms with Crippen molar-refractivity contribution in [2.45, 2.75) is 40.0 Å². The molecule has 0 aliphatic rings. The van der Waals surface area contributed by atoms with Gasteiger partial charge in [0, 0.05) is 18.8 Å². The zero-order valence-electron chi connectivity index (χ0n) is 10.8. The van der Waals surface area contributed by atoms with E-state index in [0.717, 1.165) is 36.0 Å². The average molecular weight is 281 g/mol. The molecule has 0 heterocycles. The number of halogens is 2. The number of rotatable bonds is 7. The molecule has 0 bridgehead atoms. The molecular weight excluding hydrogens is 260 g/mol. The van der Waals surface area contributed by atoms with Crippen molar-refractivity contribution in [1.29, 1.82) is 0 Å². The maximum atomic E-state index is 12.1. The molecule has 0 aromatic rings. The topological polar surface area (TPSA) is 3.24 Å². The smallest absolute Gasteiger partial charge is 0.269 e. The van der Waals surface area contributed by atoms with Crippen molar-refractivity contribution in [2.24, 2.45) is 0 Å². The number of unbranched alkanes of at least 4 members (excludes halogenated alkanes) is 1. The first-order valence-corrected chi connectivity index (χ1v) is 7.34. The Balaban J connectivity index is 3.65. The number of thiocarbonyl (C=S) groups is 1. The minimum Gasteiger partial charge on any atom is -0.358 e. The van der Waals surface area contributed by atoms with Crippen LogP contribution in [0.25, 0.3) is 0 Å². The molecule has 0 radical (unpaired) electrons. The Morgan fingerprint density at radius 2 is 1.76 bits per heavy atom. The first kappa shape index (κ1) is 16.8. The quantitative estimate of drug-likeness (QED) is 0.492. The molecule has 0 aromatic carbocycles. The van der Waals surface area contributed by atoms with Gasteiger partial charge in [0.25, 0.3) is 6.08 Å². The van der Waals surface area contributed by atoms with Crippen LogP contribution in [0.5, 0.6) is 0 Å². The van der Waals surface area contributed by atoms with Gasteiger partial charge in [-0.3, -0.25) is 0 Å². The Bertz CT molecular complexity index is 259. The SMILES string of the molecule is CCN(CC)C(=S)SCCCCC(C)=C(F)F. The van der Waals surface area contributed by atoms with Gasteiger partial charge in [0.05, 0.1) is 0 Å². The summed E-state index contributed by atoms with van der Waals surface area (Å²) >= 11 is 6.92. The second kappa shape index (κ2) is 9.83. The summed E-state index contributed by atoms with van der Waals surface area (Å²) in [5.74, 6) is 0.913. The van der Waals surface area contributed by atoms with Crippen LogP contribution in [-0.2, 0) is 0 Å². The molecule has 17 heavy (non-hydrogen) atoms. The summed E-state index contributed by atoms with van der Waals surface area (Å²) in [4.78, 5) is 2.13. The molecule has 0 amide bonds. The van der Waals surface area contributed by atoms with Crippen LogP contribution < -0.4 is 0 Å².